The molecule has 1 fully saturated rings. The molecule has 20 heavy (non-hydrogen) atoms. The van der Waals surface area contributed by atoms with Gasteiger partial charge in [-0.1, -0.05) is 6.92 Å². The van der Waals surface area contributed by atoms with Crippen molar-refractivity contribution in [2.45, 2.75) is 38.8 Å². The summed E-state index contributed by atoms with van der Waals surface area (Å²) in [5, 5.41) is 12.7. The molecule has 1 aliphatic rings. The van der Waals surface area contributed by atoms with Crippen LogP contribution in [0.3, 0.4) is 0 Å². The molecular formula is C13H22N4O3. The van der Waals surface area contributed by atoms with Crippen LogP contribution in [0.4, 0.5) is 11.5 Å². The minimum Gasteiger partial charge on any atom is -0.391 e. The molecule has 0 aliphatic heterocycles. The lowest BCUT2D eigenvalue weighted by atomic mass is 10.2. The quantitative estimate of drug-likeness (QED) is 0.666. The molecule has 0 amide bonds. The predicted molar refractivity (Wildman–Crippen MR) is 77.9 cm³/mol. The molecule has 1 aliphatic carbocycles. The number of nitrogen functional groups attached to an aromatic ring is 1. The molecule has 7 heteroatoms. The van der Waals surface area contributed by atoms with E-state index in [-0.39, 0.29) is 18.1 Å². The molecular weight excluding hydrogens is 260 g/mol. The zero-order valence-electron chi connectivity index (χ0n) is 11.9. The SMILES string of the molecule is CCCn1c(N)c(NCC(O)C2CC2)c(=O)n(C)c1=O. The molecule has 1 aromatic heterocycles. The van der Waals surface area contributed by atoms with Gasteiger partial charge in [-0.15, -0.1) is 0 Å². The van der Waals surface area contributed by atoms with Crippen molar-refractivity contribution in [2.75, 3.05) is 17.6 Å². The van der Waals surface area contributed by atoms with E-state index in [9.17, 15) is 14.7 Å². The second-order valence-electron chi connectivity index (χ2n) is 5.34. The summed E-state index contributed by atoms with van der Waals surface area (Å²) < 4.78 is 2.42. The lowest BCUT2D eigenvalue weighted by Gasteiger charge is -2.17. The Morgan fingerprint density at radius 3 is 2.65 bits per heavy atom. The summed E-state index contributed by atoms with van der Waals surface area (Å²) in [6, 6.07) is 0. The monoisotopic (exact) mass is 282 g/mol. The van der Waals surface area contributed by atoms with Gasteiger partial charge >= 0.3 is 5.69 Å². The summed E-state index contributed by atoms with van der Waals surface area (Å²) in [4.78, 5) is 24.1. The van der Waals surface area contributed by atoms with Crippen molar-refractivity contribution in [1.82, 2.24) is 9.13 Å². The predicted octanol–water partition coefficient (Wildman–Crippen LogP) is -0.278. The van der Waals surface area contributed by atoms with E-state index < -0.39 is 17.4 Å². The van der Waals surface area contributed by atoms with Crippen molar-refractivity contribution < 1.29 is 5.11 Å². The fourth-order valence-electron chi connectivity index (χ4n) is 2.24. The normalized spacial score (nSPS) is 16.1. The van der Waals surface area contributed by atoms with Gasteiger partial charge in [-0.3, -0.25) is 13.9 Å². The van der Waals surface area contributed by atoms with Crippen molar-refractivity contribution in [2.24, 2.45) is 13.0 Å². The summed E-state index contributed by atoms with van der Waals surface area (Å²) in [5.74, 6) is 0.456. The summed E-state index contributed by atoms with van der Waals surface area (Å²) >= 11 is 0. The topological polar surface area (TPSA) is 102 Å². The van der Waals surface area contributed by atoms with E-state index >= 15 is 0 Å². The molecule has 1 saturated carbocycles. The molecule has 4 N–H and O–H groups in total. The van der Waals surface area contributed by atoms with Crippen LogP contribution in [-0.2, 0) is 13.6 Å². The fraction of sp³-hybridized carbons (Fsp3) is 0.692. The first-order valence-electron chi connectivity index (χ1n) is 6.98. The largest absolute Gasteiger partial charge is 0.391 e. The maximum Gasteiger partial charge on any atom is 0.332 e. The second kappa shape index (κ2) is 5.70. The number of anilines is 2. The van der Waals surface area contributed by atoms with Crippen molar-refractivity contribution in [3.8, 4) is 0 Å². The third-order valence-electron chi connectivity index (χ3n) is 3.68. The third kappa shape index (κ3) is 2.72. The number of aliphatic hydroxyl groups is 1. The minimum atomic E-state index is -0.481. The van der Waals surface area contributed by atoms with Gasteiger partial charge in [-0.05, 0) is 25.2 Å². The number of aromatic nitrogens is 2. The van der Waals surface area contributed by atoms with Gasteiger partial charge in [0.1, 0.15) is 11.5 Å². The minimum absolute atomic E-state index is 0.142. The van der Waals surface area contributed by atoms with Crippen LogP contribution in [0, 0.1) is 5.92 Å². The lowest BCUT2D eigenvalue weighted by Crippen LogP contribution is -2.41. The summed E-state index contributed by atoms with van der Waals surface area (Å²) in [6.07, 6.45) is 2.30. The Kier molecular flexibility index (Phi) is 4.17. The van der Waals surface area contributed by atoms with E-state index in [1.807, 2.05) is 6.92 Å². The number of nitrogens with two attached hydrogens (primary N) is 1. The first kappa shape index (κ1) is 14.6. The van der Waals surface area contributed by atoms with Crippen LogP contribution in [0.5, 0.6) is 0 Å². The summed E-state index contributed by atoms with van der Waals surface area (Å²) in [6.45, 7) is 2.66. The first-order valence-corrected chi connectivity index (χ1v) is 6.98. The van der Waals surface area contributed by atoms with Gasteiger partial charge in [0.25, 0.3) is 5.56 Å². The van der Waals surface area contributed by atoms with Gasteiger partial charge in [-0.25, -0.2) is 4.79 Å². The van der Waals surface area contributed by atoms with Gasteiger partial charge in [-0.2, -0.15) is 0 Å². The van der Waals surface area contributed by atoms with E-state index in [1.54, 1.807) is 0 Å². The Morgan fingerprint density at radius 1 is 1.45 bits per heavy atom. The molecule has 1 unspecified atom stereocenters. The molecule has 0 radical (unpaired) electrons. The van der Waals surface area contributed by atoms with Crippen LogP contribution < -0.4 is 22.3 Å². The Bertz CT molecular complexity index is 601. The summed E-state index contributed by atoms with van der Waals surface area (Å²) in [7, 11) is 1.43. The zero-order chi connectivity index (χ0) is 14.9. The average Bonchev–Trinajstić information content (AvgIpc) is 3.25. The Balaban J connectivity index is 2.31. The molecule has 7 nitrogen and oxygen atoms in total. The maximum atomic E-state index is 12.1. The molecule has 1 aromatic rings. The van der Waals surface area contributed by atoms with E-state index in [0.717, 1.165) is 23.8 Å². The smallest absolute Gasteiger partial charge is 0.332 e. The Morgan fingerprint density at radius 2 is 2.10 bits per heavy atom. The maximum absolute atomic E-state index is 12.1. The zero-order valence-corrected chi connectivity index (χ0v) is 11.9. The van der Waals surface area contributed by atoms with Crippen LogP contribution in [0.15, 0.2) is 9.59 Å². The molecule has 0 aromatic carbocycles. The number of nitrogens with zero attached hydrogens (tertiary/aromatic N) is 2. The van der Waals surface area contributed by atoms with Crippen LogP contribution in [0.2, 0.25) is 0 Å². The van der Waals surface area contributed by atoms with Crippen LogP contribution in [-0.4, -0.2) is 26.9 Å². The average molecular weight is 282 g/mol. The lowest BCUT2D eigenvalue weighted by molar-refractivity contribution is 0.164. The molecule has 0 bridgehead atoms. The van der Waals surface area contributed by atoms with Gasteiger partial charge in [0.2, 0.25) is 0 Å². The van der Waals surface area contributed by atoms with E-state index in [2.05, 4.69) is 5.32 Å². The number of nitrogens with one attached hydrogen (secondary N) is 1. The van der Waals surface area contributed by atoms with Gasteiger partial charge < -0.3 is 16.2 Å². The standard InChI is InChI=1S/C13H22N4O3/c1-3-6-17-11(14)10(12(19)16(2)13(17)20)15-7-9(18)8-4-5-8/h8-9,15,18H,3-7,14H2,1-2H3. The first-order chi connectivity index (χ1) is 9.47. The number of hydrogen-bond donors (Lipinski definition) is 3. The van der Waals surface area contributed by atoms with Crippen molar-refractivity contribution in [3.05, 3.63) is 20.8 Å². The van der Waals surface area contributed by atoms with Crippen LogP contribution in [0.25, 0.3) is 0 Å². The highest BCUT2D eigenvalue weighted by atomic mass is 16.3. The van der Waals surface area contributed by atoms with Crippen molar-refractivity contribution >= 4 is 11.5 Å². The van der Waals surface area contributed by atoms with Gasteiger partial charge in [0, 0.05) is 20.1 Å². The van der Waals surface area contributed by atoms with Crippen molar-refractivity contribution in [3.63, 3.8) is 0 Å². The number of aliphatic hydroxyl groups excluding tert-OH is 1. The molecule has 0 spiro atoms. The van der Waals surface area contributed by atoms with Gasteiger partial charge in [0.15, 0.2) is 0 Å². The third-order valence-corrected chi connectivity index (χ3v) is 3.68. The molecule has 0 saturated heterocycles. The Hall–Kier alpha value is -1.76. The highest BCUT2D eigenvalue weighted by molar-refractivity contribution is 5.60. The van der Waals surface area contributed by atoms with Crippen molar-refractivity contribution in [1.29, 1.82) is 0 Å². The fourth-order valence-corrected chi connectivity index (χ4v) is 2.24. The molecule has 112 valence electrons. The molecule has 1 atom stereocenters. The molecule has 1 heterocycles. The van der Waals surface area contributed by atoms with Crippen LogP contribution in [0.1, 0.15) is 26.2 Å². The van der Waals surface area contributed by atoms with E-state index in [4.69, 9.17) is 5.73 Å². The van der Waals surface area contributed by atoms with Crippen LogP contribution >= 0.6 is 0 Å². The highest BCUT2D eigenvalue weighted by Crippen LogP contribution is 2.32. The Labute approximate surface area is 117 Å². The van der Waals surface area contributed by atoms with Gasteiger partial charge in [0.05, 0.1) is 6.10 Å². The second-order valence-corrected chi connectivity index (χ2v) is 5.34. The van der Waals surface area contributed by atoms with E-state index in [1.165, 1.54) is 11.6 Å². The number of rotatable bonds is 6. The highest BCUT2D eigenvalue weighted by Gasteiger charge is 2.29. The molecule has 2 rings (SSSR count). The number of hydrogen-bond acceptors (Lipinski definition) is 5. The summed E-state index contributed by atoms with van der Waals surface area (Å²) in [5.41, 5.74) is 5.25. The van der Waals surface area contributed by atoms with E-state index in [0.29, 0.717) is 12.5 Å².